The molecule has 0 fully saturated rings. The highest BCUT2D eigenvalue weighted by atomic mass is 19.1. The molecule has 1 aliphatic rings. The van der Waals surface area contributed by atoms with Gasteiger partial charge in [0.25, 0.3) is 0 Å². The second-order valence-electron chi connectivity index (χ2n) is 4.08. The van der Waals surface area contributed by atoms with E-state index >= 15 is 0 Å². The lowest BCUT2D eigenvalue weighted by Gasteiger charge is -2.27. The van der Waals surface area contributed by atoms with Crippen molar-refractivity contribution in [1.29, 1.82) is 0 Å². The second kappa shape index (κ2) is 4.53. The Hall–Kier alpha value is -1.91. The third kappa shape index (κ3) is 2.43. The van der Waals surface area contributed by atoms with Crippen molar-refractivity contribution >= 4 is 11.8 Å². The Balaban J connectivity index is 2.35. The van der Waals surface area contributed by atoms with Crippen LogP contribution in [0.1, 0.15) is 23.7 Å². The maximum Gasteiger partial charge on any atom is 0.339 e. The van der Waals surface area contributed by atoms with Crippen LogP contribution in [0.4, 0.5) is 10.2 Å². The second-order valence-corrected chi connectivity index (χ2v) is 4.08. The van der Waals surface area contributed by atoms with Gasteiger partial charge in [0, 0.05) is 13.1 Å². The van der Waals surface area contributed by atoms with Crippen LogP contribution >= 0.6 is 0 Å². The van der Waals surface area contributed by atoms with Crippen LogP contribution in [0.3, 0.4) is 0 Å². The fourth-order valence-corrected chi connectivity index (χ4v) is 1.80. The number of anilines is 1. The van der Waals surface area contributed by atoms with E-state index in [1.165, 1.54) is 5.57 Å². The molecular weight excluding hydrogens is 223 g/mol. The van der Waals surface area contributed by atoms with Gasteiger partial charge in [-0.25, -0.2) is 14.2 Å². The predicted molar refractivity (Wildman–Crippen MR) is 61.7 cm³/mol. The molecule has 0 radical (unpaired) electrons. The quantitative estimate of drug-likeness (QED) is 0.799. The van der Waals surface area contributed by atoms with Gasteiger partial charge < -0.3 is 10.0 Å². The number of rotatable bonds is 2. The number of aromatic carboxylic acids is 1. The molecular formula is C12H13FN2O2. The Morgan fingerprint density at radius 3 is 2.94 bits per heavy atom. The van der Waals surface area contributed by atoms with E-state index in [1.807, 2.05) is 17.9 Å². The number of carboxylic acids is 1. The Bertz CT molecular complexity index is 485. The third-order valence-electron chi connectivity index (χ3n) is 2.80. The number of carboxylic acid groups (broad SMARTS) is 1. The Morgan fingerprint density at radius 1 is 1.59 bits per heavy atom. The number of halogens is 1. The minimum absolute atomic E-state index is 0.0852. The van der Waals surface area contributed by atoms with Gasteiger partial charge in [-0.3, -0.25) is 0 Å². The monoisotopic (exact) mass is 236 g/mol. The SMILES string of the molecule is CC1=CCN(c2ncc(F)cc2C(=O)O)CC1. The predicted octanol–water partition coefficient (Wildman–Crippen LogP) is 2.08. The molecule has 0 spiro atoms. The molecule has 0 saturated heterocycles. The van der Waals surface area contributed by atoms with Crippen LogP contribution in [-0.4, -0.2) is 29.1 Å². The average molecular weight is 236 g/mol. The summed E-state index contributed by atoms with van der Waals surface area (Å²) < 4.78 is 13.0. The van der Waals surface area contributed by atoms with Crippen LogP contribution in [0, 0.1) is 5.82 Å². The lowest BCUT2D eigenvalue weighted by atomic mass is 10.1. The van der Waals surface area contributed by atoms with E-state index in [0.29, 0.717) is 18.9 Å². The van der Waals surface area contributed by atoms with Crippen LogP contribution in [-0.2, 0) is 0 Å². The van der Waals surface area contributed by atoms with Gasteiger partial charge in [-0.05, 0) is 19.4 Å². The molecule has 0 bridgehead atoms. The molecule has 17 heavy (non-hydrogen) atoms. The maximum atomic E-state index is 13.0. The number of pyridine rings is 1. The molecule has 1 aliphatic heterocycles. The molecule has 0 amide bonds. The summed E-state index contributed by atoms with van der Waals surface area (Å²) in [6, 6.07) is 1.01. The lowest BCUT2D eigenvalue weighted by molar-refractivity contribution is 0.0696. The number of nitrogens with zero attached hydrogens (tertiary/aromatic N) is 2. The summed E-state index contributed by atoms with van der Waals surface area (Å²) in [6.07, 6.45) is 3.95. The van der Waals surface area contributed by atoms with Gasteiger partial charge in [0.2, 0.25) is 0 Å². The number of hydrogen-bond acceptors (Lipinski definition) is 3. The normalized spacial score (nSPS) is 15.6. The molecule has 5 heteroatoms. The highest BCUT2D eigenvalue weighted by Gasteiger charge is 2.19. The van der Waals surface area contributed by atoms with E-state index in [4.69, 9.17) is 5.11 Å². The highest BCUT2D eigenvalue weighted by molar-refractivity contribution is 5.93. The van der Waals surface area contributed by atoms with E-state index in [0.717, 1.165) is 18.7 Å². The average Bonchev–Trinajstić information content (AvgIpc) is 2.30. The first kappa shape index (κ1) is 11.6. The van der Waals surface area contributed by atoms with Gasteiger partial charge in [0.1, 0.15) is 17.2 Å². The van der Waals surface area contributed by atoms with Crippen LogP contribution in [0.2, 0.25) is 0 Å². The highest BCUT2D eigenvalue weighted by Crippen LogP contribution is 2.22. The minimum Gasteiger partial charge on any atom is -0.478 e. The Kier molecular flexibility index (Phi) is 3.08. The van der Waals surface area contributed by atoms with Crippen LogP contribution in [0.5, 0.6) is 0 Å². The van der Waals surface area contributed by atoms with Crippen molar-refractivity contribution in [3.8, 4) is 0 Å². The Morgan fingerprint density at radius 2 is 2.35 bits per heavy atom. The fourth-order valence-electron chi connectivity index (χ4n) is 1.80. The van der Waals surface area contributed by atoms with Gasteiger partial charge in [-0.1, -0.05) is 11.6 Å². The van der Waals surface area contributed by atoms with E-state index in [1.54, 1.807) is 0 Å². The van der Waals surface area contributed by atoms with E-state index in [2.05, 4.69) is 4.98 Å². The third-order valence-corrected chi connectivity index (χ3v) is 2.80. The van der Waals surface area contributed by atoms with Crippen molar-refractivity contribution in [3.05, 3.63) is 35.3 Å². The van der Waals surface area contributed by atoms with Gasteiger partial charge in [-0.2, -0.15) is 0 Å². The first-order valence-corrected chi connectivity index (χ1v) is 5.37. The summed E-state index contributed by atoms with van der Waals surface area (Å²) in [5.41, 5.74) is 1.19. The molecule has 0 aromatic carbocycles. The van der Waals surface area contributed by atoms with E-state index in [9.17, 15) is 9.18 Å². The molecule has 2 heterocycles. The molecule has 90 valence electrons. The summed E-state index contributed by atoms with van der Waals surface area (Å²) in [4.78, 5) is 16.8. The van der Waals surface area contributed by atoms with Crippen LogP contribution in [0.15, 0.2) is 23.9 Å². The standard InChI is InChI=1S/C12H13FN2O2/c1-8-2-4-15(5-3-8)11-10(12(16)17)6-9(13)7-14-11/h2,6-7H,3-5H2,1H3,(H,16,17). The number of aromatic nitrogens is 1. The first-order valence-electron chi connectivity index (χ1n) is 5.37. The van der Waals surface area contributed by atoms with Crippen LogP contribution < -0.4 is 4.90 Å². The Labute approximate surface area is 98.4 Å². The van der Waals surface area contributed by atoms with E-state index in [-0.39, 0.29) is 5.56 Å². The number of hydrogen-bond donors (Lipinski definition) is 1. The summed E-state index contributed by atoms with van der Waals surface area (Å²) in [7, 11) is 0. The summed E-state index contributed by atoms with van der Waals surface area (Å²) in [5.74, 6) is -1.45. The molecule has 0 atom stereocenters. The van der Waals surface area contributed by atoms with Gasteiger partial charge >= 0.3 is 5.97 Å². The molecule has 1 N–H and O–H groups in total. The summed E-state index contributed by atoms with van der Waals surface area (Å²) in [6.45, 7) is 3.36. The maximum absolute atomic E-state index is 13.0. The zero-order chi connectivity index (χ0) is 12.4. The van der Waals surface area contributed by atoms with Crippen molar-refractivity contribution in [2.24, 2.45) is 0 Å². The molecule has 0 aliphatic carbocycles. The number of carbonyl (C=O) groups is 1. The van der Waals surface area contributed by atoms with Gasteiger partial charge in [-0.15, -0.1) is 0 Å². The molecule has 2 rings (SSSR count). The first-order chi connectivity index (χ1) is 8.08. The summed E-state index contributed by atoms with van der Waals surface area (Å²) in [5, 5.41) is 9.02. The van der Waals surface area contributed by atoms with Crippen molar-refractivity contribution in [3.63, 3.8) is 0 Å². The molecule has 1 aromatic heterocycles. The molecule has 1 aromatic rings. The smallest absolute Gasteiger partial charge is 0.339 e. The topological polar surface area (TPSA) is 53.4 Å². The lowest BCUT2D eigenvalue weighted by Crippen LogP contribution is -2.30. The van der Waals surface area contributed by atoms with Crippen LogP contribution in [0.25, 0.3) is 0 Å². The van der Waals surface area contributed by atoms with Gasteiger partial charge in [0.15, 0.2) is 0 Å². The van der Waals surface area contributed by atoms with Crippen molar-refractivity contribution < 1.29 is 14.3 Å². The van der Waals surface area contributed by atoms with Gasteiger partial charge in [0.05, 0.1) is 6.20 Å². The molecule has 0 unspecified atom stereocenters. The summed E-state index contributed by atoms with van der Waals surface area (Å²) >= 11 is 0. The molecule has 4 nitrogen and oxygen atoms in total. The van der Waals surface area contributed by atoms with Crippen molar-refractivity contribution in [2.45, 2.75) is 13.3 Å². The fraction of sp³-hybridized carbons (Fsp3) is 0.333. The van der Waals surface area contributed by atoms with Crippen molar-refractivity contribution in [2.75, 3.05) is 18.0 Å². The van der Waals surface area contributed by atoms with Crippen molar-refractivity contribution in [1.82, 2.24) is 4.98 Å². The molecule has 0 saturated carbocycles. The largest absolute Gasteiger partial charge is 0.478 e. The van der Waals surface area contributed by atoms with E-state index < -0.39 is 11.8 Å². The minimum atomic E-state index is -1.15. The zero-order valence-corrected chi connectivity index (χ0v) is 9.48. The zero-order valence-electron chi connectivity index (χ0n) is 9.48.